The Morgan fingerprint density at radius 1 is 1.27 bits per heavy atom. The van der Waals surface area contributed by atoms with Crippen LogP contribution in [-0.4, -0.2) is 4.40 Å². The summed E-state index contributed by atoms with van der Waals surface area (Å²) in [5.74, 6) is 0.618. The third-order valence-electron chi connectivity index (χ3n) is 3.48. The maximum atomic E-state index is 2.37. The van der Waals surface area contributed by atoms with Gasteiger partial charge < -0.3 is 4.40 Å². The highest BCUT2D eigenvalue weighted by Gasteiger charge is 2.19. The molecule has 0 radical (unpaired) electrons. The molecule has 0 fully saturated rings. The Balaban J connectivity index is 2.40. The van der Waals surface area contributed by atoms with Crippen LogP contribution in [0.5, 0.6) is 0 Å². The van der Waals surface area contributed by atoms with Gasteiger partial charge in [-0.1, -0.05) is 13.8 Å². The smallest absolute Gasteiger partial charge is 0.0455 e. The third-order valence-corrected chi connectivity index (χ3v) is 3.48. The highest BCUT2D eigenvalue weighted by Crippen LogP contribution is 2.31. The first-order chi connectivity index (χ1) is 7.27. The summed E-state index contributed by atoms with van der Waals surface area (Å²) in [5, 5.41) is 0. The fourth-order valence-corrected chi connectivity index (χ4v) is 2.90. The Kier molecular flexibility index (Phi) is 1.88. The molecule has 78 valence electrons. The zero-order valence-corrected chi connectivity index (χ0v) is 9.46. The summed E-state index contributed by atoms with van der Waals surface area (Å²) in [7, 11) is 0. The molecule has 1 heteroatoms. The van der Waals surface area contributed by atoms with Gasteiger partial charge in [0.25, 0.3) is 0 Å². The predicted octanol–water partition coefficient (Wildman–Crippen LogP) is 3.55. The van der Waals surface area contributed by atoms with Gasteiger partial charge in [0.1, 0.15) is 0 Å². The molecule has 1 nitrogen and oxygen atoms in total. The average molecular weight is 199 g/mol. The predicted molar refractivity (Wildman–Crippen MR) is 63.5 cm³/mol. The van der Waals surface area contributed by atoms with E-state index >= 15 is 0 Å². The summed E-state index contributed by atoms with van der Waals surface area (Å²) < 4.78 is 2.37. The lowest BCUT2D eigenvalue weighted by Crippen LogP contribution is -2.04. The fourth-order valence-electron chi connectivity index (χ4n) is 2.90. The molecule has 0 aliphatic heterocycles. The van der Waals surface area contributed by atoms with Crippen LogP contribution in [0.25, 0.3) is 5.52 Å². The molecule has 0 unspecified atom stereocenters. The standard InChI is InChI=1S/C14H17N/c1-10(2)14-13-7-3-5-11(13)9-12-6-4-8-15(12)14/h4,6,8-10H,3,5,7H2,1-2H3. The van der Waals surface area contributed by atoms with Crippen LogP contribution in [-0.2, 0) is 12.8 Å². The maximum absolute atomic E-state index is 2.37. The van der Waals surface area contributed by atoms with Gasteiger partial charge in [-0.15, -0.1) is 0 Å². The molecule has 2 aromatic rings. The number of pyridine rings is 1. The van der Waals surface area contributed by atoms with E-state index in [0.717, 1.165) is 0 Å². The van der Waals surface area contributed by atoms with Crippen LogP contribution >= 0.6 is 0 Å². The maximum Gasteiger partial charge on any atom is 0.0455 e. The summed E-state index contributed by atoms with van der Waals surface area (Å²) in [6.07, 6.45) is 6.08. The molecule has 0 saturated carbocycles. The normalized spacial score (nSPS) is 15.1. The summed E-state index contributed by atoms with van der Waals surface area (Å²) in [6, 6.07) is 6.73. The fraction of sp³-hybridized carbons (Fsp3) is 0.429. The van der Waals surface area contributed by atoms with E-state index in [9.17, 15) is 0 Å². The lowest BCUT2D eigenvalue weighted by Gasteiger charge is -2.15. The highest BCUT2D eigenvalue weighted by atomic mass is 14.9. The van der Waals surface area contributed by atoms with Gasteiger partial charge in [-0.05, 0) is 54.5 Å². The van der Waals surface area contributed by atoms with Gasteiger partial charge >= 0.3 is 0 Å². The largest absolute Gasteiger partial charge is 0.320 e. The number of fused-ring (bicyclic) bond motifs is 2. The van der Waals surface area contributed by atoms with E-state index in [4.69, 9.17) is 0 Å². The molecule has 2 heterocycles. The second kappa shape index (κ2) is 3.13. The van der Waals surface area contributed by atoms with Crippen molar-refractivity contribution >= 4 is 5.52 Å². The summed E-state index contributed by atoms with van der Waals surface area (Å²) in [6.45, 7) is 4.60. The minimum Gasteiger partial charge on any atom is -0.320 e. The topological polar surface area (TPSA) is 4.41 Å². The Morgan fingerprint density at radius 2 is 2.13 bits per heavy atom. The zero-order valence-electron chi connectivity index (χ0n) is 9.46. The van der Waals surface area contributed by atoms with E-state index < -0.39 is 0 Å². The molecule has 0 N–H and O–H groups in total. The molecule has 0 spiro atoms. The van der Waals surface area contributed by atoms with Crippen LogP contribution in [0, 0.1) is 0 Å². The monoisotopic (exact) mass is 199 g/mol. The zero-order chi connectivity index (χ0) is 10.4. The first-order valence-electron chi connectivity index (χ1n) is 5.89. The van der Waals surface area contributed by atoms with E-state index in [1.165, 1.54) is 30.5 Å². The van der Waals surface area contributed by atoms with Gasteiger partial charge in [0.05, 0.1) is 0 Å². The Labute approximate surface area is 90.7 Å². The van der Waals surface area contributed by atoms with Gasteiger partial charge in [0, 0.05) is 17.4 Å². The molecule has 15 heavy (non-hydrogen) atoms. The van der Waals surface area contributed by atoms with Gasteiger partial charge in [0.15, 0.2) is 0 Å². The van der Waals surface area contributed by atoms with Crippen molar-refractivity contribution in [2.45, 2.75) is 39.0 Å². The summed E-state index contributed by atoms with van der Waals surface area (Å²) in [5.41, 5.74) is 6.10. The van der Waals surface area contributed by atoms with E-state index in [1.807, 2.05) is 0 Å². The lowest BCUT2D eigenvalue weighted by molar-refractivity contribution is 0.780. The van der Waals surface area contributed by atoms with Crippen molar-refractivity contribution in [2.75, 3.05) is 0 Å². The number of hydrogen-bond acceptors (Lipinski definition) is 0. The summed E-state index contributed by atoms with van der Waals surface area (Å²) in [4.78, 5) is 0. The van der Waals surface area contributed by atoms with Crippen LogP contribution in [0.4, 0.5) is 0 Å². The van der Waals surface area contributed by atoms with Crippen molar-refractivity contribution in [3.05, 3.63) is 41.2 Å². The molecular formula is C14H17N. The molecule has 0 atom stereocenters. The first kappa shape index (κ1) is 9.02. The number of nitrogens with zero attached hydrogens (tertiary/aromatic N) is 1. The van der Waals surface area contributed by atoms with Crippen LogP contribution in [0.2, 0.25) is 0 Å². The van der Waals surface area contributed by atoms with Crippen LogP contribution in [0.1, 0.15) is 43.0 Å². The number of aromatic nitrogens is 1. The molecule has 1 aliphatic carbocycles. The van der Waals surface area contributed by atoms with Crippen molar-refractivity contribution in [1.29, 1.82) is 0 Å². The van der Waals surface area contributed by atoms with E-state index in [2.05, 4.69) is 42.6 Å². The number of rotatable bonds is 1. The van der Waals surface area contributed by atoms with Crippen LogP contribution in [0.15, 0.2) is 24.4 Å². The van der Waals surface area contributed by atoms with Crippen molar-refractivity contribution < 1.29 is 0 Å². The SMILES string of the molecule is CC(C)c1c2c(cc3cccn13)CCC2. The molecule has 2 aromatic heterocycles. The summed E-state index contributed by atoms with van der Waals surface area (Å²) >= 11 is 0. The molecule has 0 amide bonds. The van der Waals surface area contributed by atoms with Crippen molar-refractivity contribution in [3.63, 3.8) is 0 Å². The lowest BCUT2D eigenvalue weighted by atomic mass is 10.00. The van der Waals surface area contributed by atoms with Gasteiger partial charge in [-0.3, -0.25) is 0 Å². The third kappa shape index (κ3) is 1.22. The van der Waals surface area contributed by atoms with Gasteiger partial charge in [0.2, 0.25) is 0 Å². The van der Waals surface area contributed by atoms with Crippen molar-refractivity contribution in [3.8, 4) is 0 Å². The number of hydrogen-bond donors (Lipinski definition) is 0. The molecule has 1 aliphatic rings. The highest BCUT2D eigenvalue weighted by molar-refractivity contribution is 5.56. The average Bonchev–Trinajstić information content (AvgIpc) is 2.79. The quantitative estimate of drug-likeness (QED) is 0.661. The molecule has 0 bridgehead atoms. The van der Waals surface area contributed by atoms with Crippen molar-refractivity contribution in [1.82, 2.24) is 4.40 Å². The van der Waals surface area contributed by atoms with Crippen molar-refractivity contribution in [2.24, 2.45) is 0 Å². The van der Waals surface area contributed by atoms with Gasteiger partial charge in [-0.2, -0.15) is 0 Å². The second-order valence-corrected chi connectivity index (χ2v) is 4.84. The van der Waals surface area contributed by atoms with Gasteiger partial charge in [-0.25, -0.2) is 0 Å². The Morgan fingerprint density at radius 3 is 2.93 bits per heavy atom. The molecule has 0 saturated heterocycles. The minimum atomic E-state index is 0.618. The molecule has 0 aromatic carbocycles. The van der Waals surface area contributed by atoms with Crippen LogP contribution in [0.3, 0.4) is 0 Å². The first-order valence-corrected chi connectivity index (χ1v) is 5.89. The van der Waals surface area contributed by atoms with E-state index in [-0.39, 0.29) is 0 Å². The Bertz CT molecular complexity index is 505. The number of aryl methyl sites for hydroxylation is 1. The second-order valence-electron chi connectivity index (χ2n) is 4.84. The van der Waals surface area contributed by atoms with E-state index in [1.54, 1.807) is 11.1 Å². The van der Waals surface area contributed by atoms with E-state index in [0.29, 0.717) is 5.92 Å². The minimum absolute atomic E-state index is 0.618. The Hall–Kier alpha value is -1.24. The van der Waals surface area contributed by atoms with Crippen LogP contribution < -0.4 is 0 Å². The molecule has 3 rings (SSSR count). The molecular weight excluding hydrogens is 182 g/mol.